The van der Waals surface area contributed by atoms with Gasteiger partial charge in [0.1, 0.15) is 17.2 Å². The van der Waals surface area contributed by atoms with Gasteiger partial charge >= 0.3 is 0 Å². The van der Waals surface area contributed by atoms with Crippen LogP contribution in [0.5, 0.6) is 0 Å². The van der Waals surface area contributed by atoms with Crippen molar-refractivity contribution in [1.29, 1.82) is 0 Å². The minimum atomic E-state index is 0.541. The van der Waals surface area contributed by atoms with Gasteiger partial charge in [-0.2, -0.15) is 0 Å². The molecule has 0 amide bonds. The molecular weight excluding hydrogens is 328 g/mol. The fourth-order valence-corrected chi connectivity index (χ4v) is 2.78. The van der Waals surface area contributed by atoms with E-state index in [1.807, 2.05) is 36.4 Å². The van der Waals surface area contributed by atoms with Gasteiger partial charge in [-0.1, -0.05) is 0 Å². The molecule has 0 spiro atoms. The maximum absolute atomic E-state index is 5.56. The number of nitrogens with zero attached hydrogens (tertiary/aromatic N) is 5. The maximum atomic E-state index is 5.56. The number of imidazole rings is 1. The lowest BCUT2D eigenvalue weighted by Crippen LogP contribution is -1.94. The van der Waals surface area contributed by atoms with Crippen molar-refractivity contribution in [3.8, 4) is 34.1 Å². The molecular formula is C19H12N6O. The average molecular weight is 340 g/mol. The highest BCUT2D eigenvalue weighted by molar-refractivity contribution is 5.83. The lowest BCUT2D eigenvalue weighted by molar-refractivity contribution is 0.580. The van der Waals surface area contributed by atoms with E-state index < -0.39 is 0 Å². The number of hydrogen-bond acceptors (Lipinski definition) is 6. The summed E-state index contributed by atoms with van der Waals surface area (Å²) in [7, 11) is 0. The Morgan fingerprint density at radius 1 is 0.731 bits per heavy atom. The molecule has 26 heavy (non-hydrogen) atoms. The second-order valence-electron chi connectivity index (χ2n) is 5.63. The highest BCUT2D eigenvalue weighted by Gasteiger charge is 2.17. The first-order valence-electron chi connectivity index (χ1n) is 8.01. The first-order valence-corrected chi connectivity index (χ1v) is 8.01. The third-order valence-corrected chi connectivity index (χ3v) is 3.99. The molecule has 0 aliphatic heterocycles. The van der Waals surface area contributed by atoms with Crippen molar-refractivity contribution in [2.24, 2.45) is 0 Å². The molecule has 0 saturated carbocycles. The Labute approximate surface area is 147 Å². The van der Waals surface area contributed by atoms with Crippen LogP contribution >= 0.6 is 0 Å². The average Bonchev–Trinajstić information content (AvgIpc) is 3.38. The molecule has 0 fully saturated rings. The van der Waals surface area contributed by atoms with Gasteiger partial charge in [-0.25, -0.2) is 15.0 Å². The normalized spacial score (nSPS) is 11.1. The number of aromatic amines is 1. The SMILES string of the molecule is c1coc(-c2nc3[nH]c(-c4ccncc4)nc3nc2-c2ccncc2)c1. The van der Waals surface area contributed by atoms with E-state index >= 15 is 0 Å². The molecule has 5 aromatic heterocycles. The maximum Gasteiger partial charge on any atom is 0.198 e. The monoisotopic (exact) mass is 340 g/mol. The van der Waals surface area contributed by atoms with Crippen molar-refractivity contribution in [3.05, 3.63) is 67.4 Å². The highest BCUT2D eigenvalue weighted by Crippen LogP contribution is 2.31. The Morgan fingerprint density at radius 3 is 2.15 bits per heavy atom. The standard InChI is InChI=1S/C19H12N6O/c1-2-14(26-11-1)16-15(12-3-7-20-8-4-12)22-18-19(23-16)25-17(24-18)13-5-9-21-10-6-13/h1-11H,(H,22,23,24,25). The second-order valence-corrected chi connectivity index (χ2v) is 5.63. The number of hydrogen-bond donors (Lipinski definition) is 1. The molecule has 0 aromatic carbocycles. The second kappa shape index (κ2) is 5.89. The third-order valence-electron chi connectivity index (χ3n) is 3.99. The number of nitrogens with one attached hydrogen (secondary N) is 1. The summed E-state index contributed by atoms with van der Waals surface area (Å²) >= 11 is 0. The molecule has 0 atom stereocenters. The summed E-state index contributed by atoms with van der Waals surface area (Å²) < 4.78 is 5.56. The molecule has 0 bridgehead atoms. The fraction of sp³-hybridized carbons (Fsp3) is 0. The Morgan fingerprint density at radius 2 is 1.46 bits per heavy atom. The van der Waals surface area contributed by atoms with Crippen LogP contribution in [-0.2, 0) is 0 Å². The first-order chi connectivity index (χ1) is 12.9. The minimum absolute atomic E-state index is 0.541. The minimum Gasteiger partial charge on any atom is -0.463 e. The zero-order valence-electron chi connectivity index (χ0n) is 13.5. The van der Waals surface area contributed by atoms with Gasteiger partial charge in [0, 0.05) is 35.9 Å². The van der Waals surface area contributed by atoms with Crippen LogP contribution < -0.4 is 0 Å². The van der Waals surface area contributed by atoms with Crippen LogP contribution in [0.1, 0.15) is 0 Å². The van der Waals surface area contributed by atoms with Crippen LogP contribution in [-0.4, -0.2) is 29.9 Å². The Kier molecular flexibility index (Phi) is 3.28. The summed E-state index contributed by atoms with van der Waals surface area (Å²) in [4.78, 5) is 25.4. The summed E-state index contributed by atoms with van der Waals surface area (Å²) in [6.07, 6.45) is 8.51. The topological polar surface area (TPSA) is 93.4 Å². The van der Waals surface area contributed by atoms with Crippen LogP contribution in [0.4, 0.5) is 0 Å². The lowest BCUT2D eigenvalue weighted by Gasteiger charge is -2.05. The van der Waals surface area contributed by atoms with Crippen molar-refractivity contribution in [2.45, 2.75) is 0 Å². The van der Waals surface area contributed by atoms with E-state index in [2.05, 4.69) is 19.9 Å². The number of fused-ring (bicyclic) bond motifs is 1. The third kappa shape index (κ3) is 2.42. The van der Waals surface area contributed by atoms with Crippen molar-refractivity contribution < 1.29 is 4.42 Å². The summed E-state index contributed by atoms with van der Waals surface area (Å²) in [5.74, 6) is 1.34. The molecule has 0 radical (unpaired) electrons. The van der Waals surface area contributed by atoms with E-state index in [0.717, 1.165) is 11.1 Å². The highest BCUT2D eigenvalue weighted by atomic mass is 16.3. The van der Waals surface area contributed by atoms with Crippen molar-refractivity contribution >= 4 is 11.3 Å². The molecule has 0 aliphatic carbocycles. The molecule has 7 nitrogen and oxygen atoms in total. The molecule has 0 aliphatic rings. The van der Waals surface area contributed by atoms with Crippen LogP contribution in [0.3, 0.4) is 0 Å². The molecule has 5 aromatic rings. The van der Waals surface area contributed by atoms with Crippen molar-refractivity contribution in [3.63, 3.8) is 0 Å². The molecule has 124 valence electrons. The van der Waals surface area contributed by atoms with Gasteiger partial charge in [0.15, 0.2) is 17.1 Å². The fourth-order valence-electron chi connectivity index (χ4n) is 2.78. The van der Waals surface area contributed by atoms with Crippen molar-refractivity contribution in [1.82, 2.24) is 29.9 Å². The van der Waals surface area contributed by atoms with Gasteiger partial charge in [0.25, 0.3) is 0 Å². The molecule has 0 saturated heterocycles. The van der Waals surface area contributed by atoms with Gasteiger partial charge in [-0.15, -0.1) is 0 Å². The van der Waals surface area contributed by atoms with Gasteiger partial charge < -0.3 is 9.40 Å². The zero-order valence-corrected chi connectivity index (χ0v) is 13.5. The van der Waals surface area contributed by atoms with Gasteiger partial charge in [-0.05, 0) is 36.4 Å². The van der Waals surface area contributed by atoms with Crippen LogP contribution in [0.15, 0.2) is 71.9 Å². The number of H-pyrrole nitrogens is 1. The van der Waals surface area contributed by atoms with E-state index in [1.165, 1.54) is 0 Å². The van der Waals surface area contributed by atoms with E-state index in [4.69, 9.17) is 14.4 Å². The summed E-state index contributed by atoms with van der Waals surface area (Å²) in [6, 6.07) is 11.2. The molecule has 5 heterocycles. The smallest absolute Gasteiger partial charge is 0.198 e. The number of furan rings is 1. The van der Waals surface area contributed by atoms with E-state index in [-0.39, 0.29) is 0 Å². The van der Waals surface area contributed by atoms with E-state index in [9.17, 15) is 0 Å². The quantitative estimate of drug-likeness (QED) is 0.538. The van der Waals surface area contributed by atoms with Gasteiger partial charge in [0.05, 0.1) is 6.26 Å². The molecule has 5 rings (SSSR count). The summed E-state index contributed by atoms with van der Waals surface area (Å²) in [5.41, 5.74) is 4.31. The Bertz CT molecular complexity index is 1170. The molecule has 7 heteroatoms. The van der Waals surface area contributed by atoms with Gasteiger partial charge in [0.2, 0.25) is 0 Å². The Balaban J connectivity index is 1.75. The summed E-state index contributed by atoms with van der Waals surface area (Å²) in [6.45, 7) is 0. The Hall–Kier alpha value is -3.87. The van der Waals surface area contributed by atoms with E-state index in [0.29, 0.717) is 34.3 Å². The van der Waals surface area contributed by atoms with Crippen LogP contribution in [0, 0.1) is 0 Å². The predicted octanol–water partition coefficient (Wildman–Crippen LogP) is 3.74. The number of rotatable bonds is 3. The van der Waals surface area contributed by atoms with Gasteiger partial charge in [-0.3, -0.25) is 9.97 Å². The lowest BCUT2D eigenvalue weighted by atomic mass is 10.1. The molecule has 1 N–H and O–H groups in total. The number of aromatic nitrogens is 6. The van der Waals surface area contributed by atoms with Crippen LogP contribution in [0.2, 0.25) is 0 Å². The first kappa shape index (κ1) is 14.5. The molecule has 0 unspecified atom stereocenters. The van der Waals surface area contributed by atoms with Crippen molar-refractivity contribution in [2.75, 3.05) is 0 Å². The largest absolute Gasteiger partial charge is 0.463 e. The predicted molar refractivity (Wildman–Crippen MR) is 95.8 cm³/mol. The zero-order chi connectivity index (χ0) is 17.3. The number of pyridine rings is 2. The van der Waals surface area contributed by atoms with Crippen LogP contribution in [0.25, 0.3) is 45.4 Å². The van der Waals surface area contributed by atoms with E-state index in [1.54, 1.807) is 31.1 Å². The summed E-state index contributed by atoms with van der Waals surface area (Å²) in [5, 5.41) is 0.